The van der Waals surface area contributed by atoms with E-state index in [1.165, 1.54) is 12.8 Å². The van der Waals surface area contributed by atoms with Crippen LogP contribution >= 0.6 is 11.6 Å². The van der Waals surface area contributed by atoms with Gasteiger partial charge in [0.05, 0.1) is 5.69 Å². The molecule has 1 saturated carbocycles. The molecule has 0 radical (unpaired) electrons. The van der Waals surface area contributed by atoms with Gasteiger partial charge < -0.3 is 10.6 Å². The van der Waals surface area contributed by atoms with Crippen molar-refractivity contribution in [2.45, 2.75) is 45.1 Å². The van der Waals surface area contributed by atoms with Gasteiger partial charge in [-0.15, -0.1) is 0 Å². The van der Waals surface area contributed by atoms with Crippen LogP contribution in [0.15, 0.2) is 30.3 Å². The number of benzene rings is 1. The Morgan fingerprint density at radius 3 is 2.59 bits per heavy atom. The van der Waals surface area contributed by atoms with Crippen LogP contribution in [0, 0.1) is 0 Å². The molecule has 3 rings (SSSR count). The van der Waals surface area contributed by atoms with E-state index in [-0.39, 0.29) is 0 Å². The highest BCUT2D eigenvalue weighted by molar-refractivity contribution is 6.30. The van der Waals surface area contributed by atoms with Crippen LogP contribution in [0.4, 0.5) is 17.5 Å². The number of rotatable bonds is 6. The quantitative estimate of drug-likeness (QED) is 0.790. The Morgan fingerprint density at radius 2 is 1.95 bits per heavy atom. The molecule has 0 saturated heterocycles. The summed E-state index contributed by atoms with van der Waals surface area (Å²) in [4.78, 5) is 9.24. The van der Waals surface area contributed by atoms with Crippen LogP contribution in [0.5, 0.6) is 0 Å². The average molecular weight is 317 g/mol. The fourth-order valence-electron chi connectivity index (χ4n) is 2.19. The van der Waals surface area contributed by atoms with Crippen LogP contribution < -0.4 is 10.6 Å². The lowest BCUT2D eigenvalue weighted by Crippen LogP contribution is -2.16. The molecule has 1 aliphatic carbocycles. The molecule has 2 N–H and O–H groups in total. The van der Waals surface area contributed by atoms with Crippen molar-refractivity contribution >= 4 is 29.1 Å². The van der Waals surface area contributed by atoms with E-state index in [2.05, 4.69) is 34.4 Å². The van der Waals surface area contributed by atoms with Gasteiger partial charge in [0.2, 0.25) is 5.95 Å². The van der Waals surface area contributed by atoms with Crippen molar-refractivity contribution < 1.29 is 0 Å². The number of anilines is 3. The molecule has 2 aromatic rings. The Balaban J connectivity index is 1.83. The molecule has 1 heterocycles. The van der Waals surface area contributed by atoms with Gasteiger partial charge in [-0.2, -0.15) is 4.98 Å². The minimum absolute atomic E-state index is 0.359. The lowest BCUT2D eigenvalue weighted by Gasteiger charge is -2.14. The lowest BCUT2D eigenvalue weighted by atomic mass is 10.2. The van der Waals surface area contributed by atoms with Crippen molar-refractivity contribution in [2.24, 2.45) is 0 Å². The fourth-order valence-corrected chi connectivity index (χ4v) is 2.31. The third-order valence-electron chi connectivity index (χ3n) is 3.85. The van der Waals surface area contributed by atoms with Gasteiger partial charge in [-0.05, 0) is 50.5 Å². The molecule has 22 heavy (non-hydrogen) atoms. The van der Waals surface area contributed by atoms with Crippen molar-refractivity contribution in [3.8, 4) is 0 Å². The maximum Gasteiger partial charge on any atom is 0.225 e. The second-order valence-electron chi connectivity index (χ2n) is 5.86. The molecule has 1 aliphatic rings. The summed E-state index contributed by atoms with van der Waals surface area (Å²) in [6.45, 7) is 4.29. The normalized spacial score (nSPS) is 15.4. The molecule has 0 bridgehead atoms. The zero-order chi connectivity index (χ0) is 15.5. The Bertz CT molecular complexity index is 638. The Hall–Kier alpha value is -1.81. The number of nitrogens with one attached hydrogen (secondary N) is 2. The van der Waals surface area contributed by atoms with Crippen molar-refractivity contribution in [3.63, 3.8) is 0 Å². The summed E-state index contributed by atoms with van der Waals surface area (Å²) in [5, 5.41) is 7.43. The standard InChI is InChI=1S/C17H21ClN4/c1-3-11(2)19-17-21-15(12-4-5-12)10-16(22-17)20-14-8-6-13(18)7-9-14/h6-12H,3-5H2,1-2H3,(H2,19,20,21,22)/t11-/m1/s1. The number of halogens is 1. The molecular formula is C17H21ClN4. The first-order chi connectivity index (χ1) is 10.6. The number of nitrogens with zero attached hydrogens (tertiary/aromatic N) is 2. The van der Waals surface area contributed by atoms with Gasteiger partial charge in [0.1, 0.15) is 5.82 Å². The smallest absolute Gasteiger partial charge is 0.225 e. The summed E-state index contributed by atoms with van der Waals surface area (Å²) in [5.41, 5.74) is 2.09. The van der Waals surface area contributed by atoms with Crippen molar-refractivity contribution in [3.05, 3.63) is 41.0 Å². The highest BCUT2D eigenvalue weighted by Gasteiger charge is 2.26. The molecule has 0 unspecified atom stereocenters. The molecule has 0 aliphatic heterocycles. The zero-order valence-electron chi connectivity index (χ0n) is 12.9. The van der Waals surface area contributed by atoms with E-state index >= 15 is 0 Å². The van der Waals surface area contributed by atoms with E-state index in [0.29, 0.717) is 17.9 Å². The topological polar surface area (TPSA) is 49.8 Å². The van der Waals surface area contributed by atoms with Gasteiger partial charge in [-0.1, -0.05) is 18.5 Å². The molecular weight excluding hydrogens is 296 g/mol. The van der Waals surface area contributed by atoms with E-state index in [1.807, 2.05) is 30.3 Å². The highest BCUT2D eigenvalue weighted by atomic mass is 35.5. The first-order valence-corrected chi connectivity index (χ1v) is 8.20. The van der Waals surface area contributed by atoms with E-state index < -0.39 is 0 Å². The fraction of sp³-hybridized carbons (Fsp3) is 0.412. The third-order valence-corrected chi connectivity index (χ3v) is 4.10. The van der Waals surface area contributed by atoms with E-state index in [1.54, 1.807) is 0 Å². The van der Waals surface area contributed by atoms with Crippen LogP contribution in [0.25, 0.3) is 0 Å². The van der Waals surface area contributed by atoms with E-state index in [4.69, 9.17) is 11.6 Å². The zero-order valence-corrected chi connectivity index (χ0v) is 13.7. The summed E-state index contributed by atoms with van der Waals surface area (Å²) in [5.74, 6) is 2.12. The molecule has 4 nitrogen and oxygen atoms in total. The molecule has 116 valence electrons. The van der Waals surface area contributed by atoms with Crippen LogP contribution in [-0.4, -0.2) is 16.0 Å². The third kappa shape index (κ3) is 3.89. The van der Waals surface area contributed by atoms with Crippen molar-refractivity contribution in [2.75, 3.05) is 10.6 Å². The van der Waals surface area contributed by atoms with Gasteiger partial charge >= 0.3 is 0 Å². The summed E-state index contributed by atoms with van der Waals surface area (Å²) >= 11 is 5.92. The molecule has 1 aromatic heterocycles. The van der Waals surface area contributed by atoms with Gasteiger partial charge in [0, 0.05) is 28.7 Å². The van der Waals surface area contributed by atoms with E-state index in [9.17, 15) is 0 Å². The van der Waals surface area contributed by atoms with Crippen LogP contribution in [-0.2, 0) is 0 Å². The van der Waals surface area contributed by atoms with Gasteiger partial charge in [-0.25, -0.2) is 4.98 Å². The van der Waals surface area contributed by atoms with Crippen molar-refractivity contribution in [1.29, 1.82) is 0 Å². The van der Waals surface area contributed by atoms with Gasteiger partial charge in [0.25, 0.3) is 0 Å². The molecule has 0 spiro atoms. The molecule has 1 atom stereocenters. The lowest BCUT2D eigenvalue weighted by molar-refractivity contribution is 0.750. The highest BCUT2D eigenvalue weighted by Crippen LogP contribution is 2.40. The SMILES string of the molecule is CC[C@@H](C)Nc1nc(Nc2ccc(Cl)cc2)cc(C2CC2)n1. The van der Waals surface area contributed by atoms with Crippen LogP contribution in [0.3, 0.4) is 0 Å². The minimum atomic E-state index is 0.359. The monoisotopic (exact) mass is 316 g/mol. The minimum Gasteiger partial charge on any atom is -0.352 e. The Labute approximate surface area is 136 Å². The summed E-state index contributed by atoms with van der Waals surface area (Å²) in [7, 11) is 0. The Morgan fingerprint density at radius 1 is 1.23 bits per heavy atom. The second kappa shape index (κ2) is 6.53. The molecule has 1 fully saturated rings. The average Bonchev–Trinajstić information content (AvgIpc) is 3.34. The van der Waals surface area contributed by atoms with Gasteiger partial charge in [-0.3, -0.25) is 0 Å². The molecule has 1 aromatic carbocycles. The molecule has 5 heteroatoms. The first-order valence-electron chi connectivity index (χ1n) is 7.82. The Kier molecular flexibility index (Phi) is 4.48. The van der Waals surface area contributed by atoms with Crippen molar-refractivity contribution in [1.82, 2.24) is 9.97 Å². The summed E-state index contributed by atoms with van der Waals surface area (Å²) in [6.07, 6.45) is 3.48. The van der Waals surface area contributed by atoms with E-state index in [0.717, 1.165) is 28.6 Å². The number of aromatic nitrogens is 2. The number of hydrogen-bond acceptors (Lipinski definition) is 4. The number of hydrogen-bond donors (Lipinski definition) is 2. The maximum atomic E-state index is 5.92. The van der Waals surface area contributed by atoms with Gasteiger partial charge in [0.15, 0.2) is 0 Å². The molecule has 0 amide bonds. The van der Waals surface area contributed by atoms with Crippen LogP contribution in [0.2, 0.25) is 5.02 Å². The maximum absolute atomic E-state index is 5.92. The summed E-state index contributed by atoms with van der Waals surface area (Å²) < 4.78 is 0. The second-order valence-corrected chi connectivity index (χ2v) is 6.30. The van der Waals surface area contributed by atoms with Crippen LogP contribution in [0.1, 0.15) is 44.7 Å². The predicted octanol–water partition coefficient (Wildman–Crippen LogP) is 4.96. The summed E-state index contributed by atoms with van der Waals surface area (Å²) in [6, 6.07) is 10.0. The largest absolute Gasteiger partial charge is 0.352 e. The first kappa shape index (κ1) is 15.1. The predicted molar refractivity (Wildman–Crippen MR) is 92.1 cm³/mol.